The van der Waals surface area contributed by atoms with Crippen molar-refractivity contribution in [2.45, 2.75) is 24.7 Å². The van der Waals surface area contributed by atoms with Crippen molar-refractivity contribution in [1.29, 1.82) is 0 Å². The number of nitrogens with one attached hydrogen (secondary N) is 1. The molecule has 1 amide bonds. The number of morpholine rings is 2. The molecule has 3 heterocycles. The molecular formula is C15H22N2O4S. The summed E-state index contributed by atoms with van der Waals surface area (Å²) in [6, 6.07) is 3.73. The Morgan fingerprint density at radius 1 is 1.55 bits per heavy atom. The highest BCUT2D eigenvalue weighted by atomic mass is 32.1. The molecule has 3 rings (SSSR count). The summed E-state index contributed by atoms with van der Waals surface area (Å²) in [6.45, 7) is 3.46. The first-order valence-electron chi connectivity index (χ1n) is 7.67. The maximum Gasteiger partial charge on any atom is 0.253 e. The van der Waals surface area contributed by atoms with Gasteiger partial charge >= 0.3 is 0 Å². The summed E-state index contributed by atoms with van der Waals surface area (Å²) in [5.74, 6) is -0.00104. The van der Waals surface area contributed by atoms with Crippen molar-refractivity contribution in [2.24, 2.45) is 0 Å². The van der Waals surface area contributed by atoms with E-state index in [9.17, 15) is 9.90 Å². The van der Waals surface area contributed by atoms with E-state index in [1.54, 1.807) is 0 Å². The van der Waals surface area contributed by atoms with Crippen LogP contribution in [0.2, 0.25) is 0 Å². The number of nitrogens with zero attached hydrogens (tertiary/aromatic N) is 1. The molecule has 1 aromatic heterocycles. The van der Waals surface area contributed by atoms with Crippen LogP contribution in [0.15, 0.2) is 17.5 Å². The van der Waals surface area contributed by atoms with Crippen LogP contribution in [0.3, 0.4) is 0 Å². The summed E-state index contributed by atoms with van der Waals surface area (Å²) in [4.78, 5) is 15.4. The van der Waals surface area contributed by atoms with E-state index in [0.717, 1.165) is 11.4 Å². The first kappa shape index (κ1) is 15.9. The average Bonchev–Trinajstić information content (AvgIpc) is 3.10. The second kappa shape index (κ2) is 7.52. The third-order valence-corrected chi connectivity index (χ3v) is 5.05. The molecule has 122 valence electrons. The van der Waals surface area contributed by atoms with Gasteiger partial charge in [-0.25, -0.2) is 0 Å². The number of aliphatic hydroxyl groups is 1. The first-order valence-corrected chi connectivity index (χ1v) is 8.55. The predicted octanol–water partition coefficient (Wildman–Crippen LogP) is 0.387. The maximum absolute atomic E-state index is 12.7. The van der Waals surface area contributed by atoms with Crippen LogP contribution in [0.5, 0.6) is 0 Å². The van der Waals surface area contributed by atoms with Crippen molar-refractivity contribution in [3.05, 3.63) is 22.4 Å². The lowest BCUT2D eigenvalue weighted by molar-refractivity contribution is -0.155. The fraction of sp³-hybridized carbons (Fsp3) is 0.667. The highest BCUT2D eigenvalue weighted by Gasteiger charge is 2.34. The zero-order valence-corrected chi connectivity index (χ0v) is 13.3. The molecule has 0 spiro atoms. The number of amides is 1. The number of ether oxygens (including phenoxy) is 2. The highest BCUT2D eigenvalue weighted by Crippen LogP contribution is 2.26. The number of carbonyl (C=O) groups excluding carboxylic acids is 1. The van der Waals surface area contributed by atoms with E-state index in [1.165, 1.54) is 11.3 Å². The van der Waals surface area contributed by atoms with Crippen LogP contribution in [-0.2, 0) is 14.3 Å². The summed E-state index contributed by atoms with van der Waals surface area (Å²) >= 11 is 1.53. The fourth-order valence-corrected chi connectivity index (χ4v) is 3.63. The summed E-state index contributed by atoms with van der Waals surface area (Å²) < 4.78 is 11.1. The topological polar surface area (TPSA) is 71.0 Å². The Balaban J connectivity index is 1.64. The van der Waals surface area contributed by atoms with Gasteiger partial charge in [-0.3, -0.25) is 4.79 Å². The lowest BCUT2D eigenvalue weighted by Gasteiger charge is -2.39. The van der Waals surface area contributed by atoms with E-state index in [0.29, 0.717) is 39.3 Å². The lowest BCUT2D eigenvalue weighted by Crippen LogP contribution is -2.56. The van der Waals surface area contributed by atoms with Crippen molar-refractivity contribution in [3.63, 3.8) is 0 Å². The number of hydrogen-bond acceptors (Lipinski definition) is 6. The largest absolute Gasteiger partial charge is 0.387 e. The fourth-order valence-electron chi connectivity index (χ4n) is 2.90. The molecule has 0 radical (unpaired) electrons. The molecular weight excluding hydrogens is 304 g/mol. The van der Waals surface area contributed by atoms with Crippen molar-refractivity contribution in [1.82, 2.24) is 10.2 Å². The molecule has 2 N–H and O–H groups in total. The van der Waals surface area contributed by atoms with Crippen LogP contribution in [0.25, 0.3) is 0 Å². The minimum absolute atomic E-state index is 0.00104. The molecule has 1 aromatic rings. The van der Waals surface area contributed by atoms with Gasteiger partial charge in [0, 0.05) is 30.9 Å². The second-order valence-corrected chi connectivity index (χ2v) is 6.57. The van der Waals surface area contributed by atoms with Gasteiger partial charge in [-0.2, -0.15) is 0 Å². The Kier molecular flexibility index (Phi) is 5.43. The molecule has 2 fully saturated rings. The Morgan fingerprint density at radius 2 is 2.45 bits per heavy atom. The molecule has 0 aliphatic carbocycles. The van der Waals surface area contributed by atoms with Crippen LogP contribution >= 0.6 is 11.3 Å². The number of carbonyl (C=O) groups is 1. The number of thiophene rings is 1. The van der Waals surface area contributed by atoms with Gasteiger partial charge in [-0.15, -0.1) is 11.3 Å². The van der Waals surface area contributed by atoms with Crippen LogP contribution in [0.1, 0.15) is 17.4 Å². The van der Waals surface area contributed by atoms with Crippen molar-refractivity contribution < 1.29 is 19.4 Å². The Bertz CT molecular complexity index is 476. The number of rotatable bonds is 4. The van der Waals surface area contributed by atoms with Gasteiger partial charge in [-0.1, -0.05) is 6.07 Å². The van der Waals surface area contributed by atoms with Crippen LogP contribution in [0, 0.1) is 0 Å². The monoisotopic (exact) mass is 326 g/mol. The summed E-state index contributed by atoms with van der Waals surface area (Å²) in [5, 5.41) is 15.5. The summed E-state index contributed by atoms with van der Waals surface area (Å²) in [5.41, 5.74) is 0. The maximum atomic E-state index is 12.7. The molecule has 0 saturated carbocycles. The minimum atomic E-state index is -0.563. The Morgan fingerprint density at radius 3 is 3.18 bits per heavy atom. The van der Waals surface area contributed by atoms with Gasteiger partial charge in [0.1, 0.15) is 6.10 Å². The smallest absolute Gasteiger partial charge is 0.253 e. The highest BCUT2D eigenvalue weighted by molar-refractivity contribution is 7.10. The van der Waals surface area contributed by atoms with Gasteiger partial charge in [0.2, 0.25) is 0 Å². The molecule has 22 heavy (non-hydrogen) atoms. The average molecular weight is 326 g/mol. The van der Waals surface area contributed by atoms with E-state index >= 15 is 0 Å². The third-order valence-electron chi connectivity index (χ3n) is 4.08. The van der Waals surface area contributed by atoms with E-state index < -0.39 is 12.2 Å². The number of hydrogen-bond donors (Lipinski definition) is 2. The third kappa shape index (κ3) is 3.67. The molecule has 0 bridgehead atoms. The second-order valence-electron chi connectivity index (χ2n) is 5.59. The quantitative estimate of drug-likeness (QED) is 0.837. The molecule has 2 aliphatic rings. The molecule has 2 saturated heterocycles. The molecule has 7 heteroatoms. The zero-order chi connectivity index (χ0) is 15.4. The predicted molar refractivity (Wildman–Crippen MR) is 82.8 cm³/mol. The van der Waals surface area contributed by atoms with E-state index in [2.05, 4.69) is 5.32 Å². The summed E-state index contributed by atoms with van der Waals surface area (Å²) in [6.07, 6.45) is -0.493. The van der Waals surface area contributed by atoms with Gasteiger partial charge in [-0.05, 0) is 11.4 Å². The number of aliphatic hydroxyl groups excluding tert-OH is 1. The molecule has 3 unspecified atom stereocenters. The summed E-state index contributed by atoms with van der Waals surface area (Å²) in [7, 11) is 0. The zero-order valence-electron chi connectivity index (χ0n) is 12.4. The molecule has 0 aromatic carbocycles. The SMILES string of the molecule is O=C(C1CNCCO1)N1CCOCC1CC(O)c1cccs1. The minimum Gasteiger partial charge on any atom is -0.387 e. The van der Waals surface area contributed by atoms with Gasteiger partial charge in [0.05, 0.1) is 32.0 Å². The molecule has 3 atom stereocenters. The van der Waals surface area contributed by atoms with Gasteiger partial charge < -0.3 is 24.8 Å². The Hall–Kier alpha value is -0.990. The normalized spacial score (nSPS) is 27.6. The Labute approximate surface area is 134 Å². The van der Waals surface area contributed by atoms with E-state index in [1.807, 2.05) is 22.4 Å². The van der Waals surface area contributed by atoms with Crippen molar-refractivity contribution in [2.75, 3.05) is 39.5 Å². The van der Waals surface area contributed by atoms with E-state index in [4.69, 9.17) is 9.47 Å². The van der Waals surface area contributed by atoms with Crippen LogP contribution < -0.4 is 5.32 Å². The van der Waals surface area contributed by atoms with Crippen LogP contribution in [0.4, 0.5) is 0 Å². The van der Waals surface area contributed by atoms with Gasteiger partial charge in [0.25, 0.3) is 5.91 Å². The molecule has 2 aliphatic heterocycles. The lowest BCUT2D eigenvalue weighted by atomic mass is 10.0. The van der Waals surface area contributed by atoms with E-state index in [-0.39, 0.29) is 11.9 Å². The van der Waals surface area contributed by atoms with Gasteiger partial charge in [0.15, 0.2) is 0 Å². The van der Waals surface area contributed by atoms with Crippen molar-refractivity contribution in [3.8, 4) is 0 Å². The van der Waals surface area contributed by atoms with Crippen LogP contribution in [-0.4, -0.2) is 67.5 Å². The van der Waals surface area contributed by atoms with Crippen molar-refractivity contribution >= 4 is 17.2 Å². The standard InChI is InChI=1S/C15H22N2O4S/c18-12(14-2-1-7-22-14)8-11-10-20-6-4-17(11)15(19)13-9-16-3-5-21-13/h1-2,7,11-13,16,18H,3-6,8-10H2. The molecule has 6 nitrogen and oxygen atoms in total. The first-order chi connectivity index (χ1) is 10.8.